The van der Waals surface area contributed by atoms with Crippen LogP contribution in [0.5, 0.6) is 0 Å². The van der Waals surface area contributed by atoms with Gasteiger partial charge in [-0.25, -0.2) is 4.79 Å². The van der Waals surface area contributed by atoms with Crippen LogP contribution in [0.4, 0.5) is 4.79 Å². The van der Waals surface area contributed by atoms with E-state index in [1.54, 1.807) is 7.05 Å². The number of carbonyl (C=O) groups excluding carboxylic acids is 1. The van der Waals surface area contributed by atoms with Crippen molar-refractivity contribution in [3.05, 3.63) is 35.4 Å². The van der Waals surface area contributed by atoms with Gasteiger partial charge < -0.3 is 25.6 Å². The highest BCUT2D eigenvalue weighted by molar-refractivity contribution is 14.0. The summed E-state index contributed by atoms with van der Waals surface area (Å²) in [5.41, 5.74) is 2.06. The normalized spacial score (nSPS) is 16.0. The molecule has 0 unspecified atom stereocenters. The highest BCUT2D eigenvalue weighted by atomic mass is 127. The van der Waals surface area contributed by atoms with Gasteiger partial charge in [-0.3, -0.25) is 9.89 Å². The molecule has 1 aliphatic heterocycles. The van der Waals surface area contributed by atoms with Crippen molar-refractivity contribution in [2.45, 2.75) is 45.9 Å². The Bertz CT molecular complexity index is 705. The van der Waals surface area contributed by atoms with Crippen LogP contribution in [0.3, 0.4) is 0 Å². The van der Waals surface area contributed by atoms with E-state index in [2.05, 4.69) is 62.1 Å². The predicted molar refractivity (Wildman–Crippen MR) is 142 cm³/mol. The molecule has 1 saturated heterocycles. The lowest BCUT2D eigenvalue weighted by molar-refractivity contribution is 0.0529. The van der Waals surface area contributed by atoms with Crippen LogP contribution < -0.4 is 16.0 Å². The number of aliphatic imine (C=N–C) groups is 1. The van der Waals surface area contributed by atoms with E-state index in [4.69, 9.17) is 4.74 Å². The Hall–Kier alpha value is -1.59. The topological polar surface area (TPSA) is 81.2 Å². The van der Waals surface area contributed by atoms with E-state index in [0.29, 0.717) is 25.6 Å². The quantitative estimate of drug-likeness (QED) is 0.206. The number of rotatable bonds is 7. The average molecular weight is 561 g/mol. The van der Waals surface area contributed by atoms with Crippen LogP contribution in [0.15, 0.2) is 29.3 Å². The number of nitrogens with one attached hydrogen (secondary N) is 3. The minimum atomic E-state index is -0.492. The Morgan fingerprint density at radius 2 is 1.66 bits per heavy atom. The SMILES string of the molecule is CN=C(NCCNC(=O)OC(C)(C)C)NCc1ccc(CN2CCCN(C)CC2)cc1.I. The fourth-order valence-corrected chi connectivity index (χ4v) is 3.34. The number of likely N-dealkylation sites (N-methyl/N-ethyl adjacent to an activating group) is 1. The summed E-state index contributed by atoms with van der Waals surface area (Å²) in [6, 6.07) is 8.77. The molecule has 1 aromatic rings. The Balaban J connectivity index is 0.00000512. The lowest BCUT2D eigenvalue weighted by atomic mass is 10.1. The predicted octanol–water partition coefficient (Wildman–Crippen LogP) is 2.63. The third-order valence-electron chi connectivity index (χ3n) is 5.01. The number of guanidine groups is 1. The molecule has 1 heterocycles. The molecule has 32 heavy (non-hydrogen) atoms. The van der Waals surface area contributed by atoms with Crippen LogP contribution in [-0.2, 0) is 17.8 Å². The first-order valence-corrected chi connectivity index (χ1v) is 11.2. The first kappa shape index (κ1) is 28.4. The van der Waals surface area contributed by atoms with Crippen molar-refractivity contribution < 1.29 is 9.53 Å². The number of amides is 1. The molecule has 182 valence electrons. The molecule has 1 amide bonds. The van der Waals surface area contributed by atoms with Crippen LogP contribution in [0.1, 0.15) is 38.3 Å². The van der Waals surface area contributed by atoms with Crippen molar-refractivity contribution in [1.82, 2.24) is 25.8 Å². The molecule has 1 fully saturated rings. The minimum absolute atomic E-state index is 0. The number of hydrogen-bond donors (Lipinski definition) is 3. The van der Waals surface area contributed by atoms with Crippen molar-refractivity contribution >= 4 is 36.0 Å². The molecule has 2 rings (SSSR count). The highest BCUT2D eigenvalue weighted by Gasteiger charge is 2.15. The van der Waals surface area contributed by atoms with Crippen LogP contribution in [0, 0.1) is 0 Å². The number of halogens is 1. The monoisotopic (exact) mass is 560 g/mol. The van der Waals surface area contributed by atoms with Gasteiger partial charge in [-0.1, -0.05) is 24.3 Å². The van der Waals surface area contributed by atoms with Gasteiger partial charge in [0.2, 0.25) is 0 Å². The summed E-state index contributed by atoms with van der Waals surface area (Å²) in [4.78, 5) is 20.8. The van der Waals surface area contributed by atoms with Crippen molar-refractivity contribution in [2.75, 3.05) is 53.4 Å². The van der Waals surface area contributed by atoms with E-state index in [1.165, 1.54) is 30.6 Å². The van der Waals surface area contributed by atoms with Gasteiger partial charge in [0.25, 0.3) is 0 Å². The third-order valence-corrected chi connectivity index (χ3v) is 5.01. The van der Waals surface area contributed by atoms with Crippen molar-refractivity contribution in [3.63, 3.8) is 0 Å². The van der Waals surface area contributed by atoms with Crippen LogP contribution >= 0.6 is 24.0 Å². The summed E-state index contributed by atoms with van der Waals surface area (Å²) >= 11 is 0. The van der Waals surface area contributed by atoms with Crippen LogP contribution in [0.25, 0.3) is 0 Å². The van der Waals surface area contributed by atoms with E-state index in [0.717, 1.165) is 19.6 Å². The molecule has 0 radical (unpaired) electrons. The van der Waals surface area contributed by atoms with Gasteiger partial charge in [0, 0.05) is 46.3 Å². The van der Waals surface area contributed by atoms with Gasteiger partial charge in [-0.15, -0.1) is 24.0 Å². The zero-order chi connectivity index (χ0) is 22.7. The van der Waals surface area contributed by atoms with Gasteiger partial charge in [-0.05, 0) is 58.5 Å². The number of carbonyl (C=O) groups is 1. The molecule has 1 aromatic carbocycles. The van der Waals surface area contributed by atoms with Crippen molar-refractivity contribution in [1.29, 1.82) is 0 Å². The molecule has 9 heteroatoms. The standard InChI is InChI=1S/C23H40N6O2.HI/c1-23(2,3)31-22(30)26-12-11-25-21(24-4)27-17-19-7-9-20(10-8-19)18-29-14-6-13-28(5)15-16-29;/h7-10H,6,11-18H2,1-5H3,(H,26,30)(H2,24,25,27);1H. The van der Waals surface area contributed by atoms with Crippen LogP contribution in [-0.4, -0.2) is 80.8 Å². The molecule has 0 aromatic heterocycles. The minimum Gasteiger partial charge on any atom is -0.444 e. The Morgan fingerprint density at radius 3 is 2.31 bits per heavy atom. The van der Waals surface area contributed by atoms with E-state index >= 15 is 0 Å². The van der Waals surface area contributed by atoms with Gasteiger partial charge in [-0.2, -0.15) is 0 Å². The zero-order valence-electron chi connectivity index (χ0n) is 20.2. The third kappa shape index (κ3) is 11.9. The van der Waals surface area contributed by atoms with E-state index in [1.807, 2.05) is 20.8 Å². The molecule has 0 spiro atoms. The summed E-state index contributed by atoms with van der Waals surface area (Å²) in [7, 11) is 3.93. The number of ether oxygens (including phenoxy) is 1. The maximum Gasteiger partial charge on any atom is 0.407 e. The summed E-state index contributed by atoms with van der Waals surface area (Å²) < 4.78 is 5.22. The number of hydrogen-bond acceptors (Lipinski definition) is 5. The fourth-order valence-electron chi connectivity index (χ4n) is 3.34. The lowest BCUT2D eigenvalue weighted by Crippen LogP contribution is -2.42. The molecule has 0 aliphatic carbocycles. The number of nitrogens with zero attached hydrogens (tertiary/aromatic N) is 3. The molecule has 0 saturated carbocycles. The largest absolute Gasteiger partial charge is 0.444 e. The van der Waals surface area contributed by atoms with E-state index in [-0.39, 0.29) is 24.0 Å². The van der Waals surface area contributed by atoms with Gasteiger partial charge in [0.05, 0.1) is 0 Å². The van der Waals surface area contributed by atoms with E-state index < -0.39 is 11.7 Å². The Morgan fingerprint density at radius 1 is 1.00 bits per heavy atom. The first-order chi connectivity index (χ1) is 14.7. The molecular formula is C23H41IN6O2. The zero-order valence-corrected chi connectivity index (χ0v) is 22.6. The summed E-state index contributed by atoms with van der Waals surface area (Å²) in [6.07, 6.45) is 0.822. The van der Waals surface area contributed by atoms with Crippen molar-refractivity contribution in [2.24, 2.45) is 4.99 Å². The maximum atomic E-state index is 11.7. The van der Waals surface area contributed by atoms with Crippen molar-refractivity contribution in [3.8, 4) is 0 Å². The first-order valence-electron chi connectivity index (χ1n) is 11.2. The second-order valence-electron chi connectivity index (χ2n) is 9.03. The summed E-state index contributed by atoms with van der Waals surface area (Å²) in [5, 5.41) is 9.22. The highest BCUT2D eigenvalue weighted by Crippen LogP contribution is 2.10. The smallest absolute Gasteiger partial charge is 0.407 e. The molecule has 3 N–H and O–H groups in total. The fraction of sp³-hybridized carbons (Fsp3) is 0.652. The summed E-state index contributed by atoms with van der Waals surface area (Å²) in [5.74, 6) is 0.698. The Labute approximate surface area is 210 Å². The summed E-state index contributed by atoms with van der Waals surface area (Å²) in [6.45, 7) is 12.9. The molecule has 1 aliphatic rings. The number of benzene rings is 1. The molecule has 8 nitrogen and oxygen atoms in total. The Kier molecular flexibility index (Phi) is 12.9. The van der Waals surface area contributed by atoms with Gasteiger partial charge in [0.15, 0.2) is 5.96 Å². The van der Waals surface area contributed by atoms with Gasteiger partial charge >= 0.3 is 6.09 Å². The van der Waals surface area contributed by atoms with Gasteiger partial charge in [0.1, 0.15) is 5.60 Å². The lowest BCUT2D eigenvalue weighted by Gasteiger charge is -2.20. The maximum absolute atomic E-state index is 11.7. The van der Waals surface area contributed by atoms with E-state index in [9.17, 15) is 4.79 Å². The second-order valence-corrected chi connectivity index (χ2v) is 9.03. The molecule has 0 bridgehead atoms. The molecular weight excluding hydrogens is 519 g/mol. The van der Waals surface area contributed by atoms with Crippen LogP contribution in [0.2, 0.25) is 0 Å². The average Bonchev–Trinajstić information content (AvgIpc) is 2.91. The molecule has 0 atom stereocenters. The second kappa shape index (κ2) is 14.5. The number of alkyl carbamates (subject to hydrolysis) is 1.